The zero-order chi connectivity index (χ0) is 20.7. The molecule has 0 radical (unpaired) electrons. The summed E-state index contributed by atoms with van der Waals surface area (Å²) in [6, 6.07) is 9.52. The number of benzene rings is 1. The van der Waals surface area contributed by atoms with E-state index >= 15 is 0 Å². The van der Waals surface area contributed by atoms with Gasteiger partial charge < -0.3 is 4.74 Å². The minimum absolute atomic E-state index is 0.0828. The molecule has 1 aromatic carbocycles. The predicted octanol–water partition coefficient (Wildman–Crippen LogP) is 5.01. The van der Waals surface area contributed by atoms with Crippen molar-refractivity contribution in [2.24, 2.45) is 0 Å². The number of hydrogen-bond donors (Lipinski definition) is 0. The number of carbonyl (C=O) groups excluding carboxylic acids is 1. The Morgan fingerprint density at radius 3 is 2.32 bits per heavy atom. The molecule has 0 aliphatic rings. The van der Waals surface area contributed by atoms with E-state index in [0.717, 1.165) is 5.69 Å². The Kier molecular flexibility index (Phi) is 5.06. The summed E-state index contributed by atoms with van der Waals surface area (Å²) in [5.41, 5.74) is 0.523. The molecule has 1 amide bonds. The van der Waals surface area contributed by atoms with Crippen molar-refractivity contribution >= 4 is 34.5 Å². The zero-order valence-corrected chi connectivity index (χ0v) is 17.7. The van der Waals surface area contributed by atoms with Crippen LogP contribution in [0.4, 0.5) is 10.6 Å². The lowest BCUT2D eigenvalue weighted by Crippen LogP contribution is -2.49. The Morgan fingerprint density at radius 2 is 1.75 bits per heavy atom. The van der Waals surface area contributed by atoms with Gasteiger partial charge in [-0.2, -0.15) is 5.10 Å². The highest BCUT2D eigenvalue weighted by Gasteiger charge is 2.37. The average molecular weight is 402 g/mol. The van der Waals surface area contributed by atoms with Gasteiger partial charge in [0.25, 0.3) is 0 Å². The summed E-state index contributed by atoms with van der Waals surface area (Å²) in [6.45, 7) is 11.3. The Hall–Kier alpha value is -2.67. The van der Waals surface area contributed by atoms with Crippen LogP contribution in [0.3, 0.4) is 0 Å². The van der Waals surface area contributed by atoms with Gasteiger partial charge in [0.05, 0.1) is 11.9 Å². The largest absolute Gasteiger partial charge is 0.443 e. The quantitative estimate of drug-likeness (QED) is 0.564. The molecular weight excluding hydrogens is 378 g/mol. The van der Waals surface area contributed by atoms with Crippen LogP contribution in [0, 0.1) is 0 Å². The number of nitrogens with zero attached hydrogens (tertiary/aromatic N) is 5. The van der Waals surface area contributed by atoms with Gasteiger partial charge in [0.1, 0.15) is 16.6 Å². The number of carbonyl (C=O) groups is 1. The molecule has 3 aromatic rings. The van der Waals surface area contributed by atoms with Gasteiger partial charge in [-0.1, -0.05) is 18.2 Å². The van der Waals surface area contributed by atoms with E-state index in [4.69, 9.17) is 16.3 Å². The third-order valence-electron chi connectivity index (χ3n) is 3.82. The summed E-state index contributed by atoms with van der Waals surface area (Å²) in [5, 5.41) is 4.70. The van der Waals surface area contributed by atoms with Crippen molar-refractivity contribution in [1.29, 1.82) is 0 Å². The molecule has 8 heteroatoms. The van der Waals surface area contributed by atoms with Crippen LogP contribution in [0.1, 0.15) is 41.5 Å². The zero-order valence-electron chi connectivity index (χ0n) is 16.9. The fourth-order valence-electron chi connectivity index (χ4n) is 2.78. The van der Waals surface area contributed by atoms with Crippen LogP contribution >= 0.6 is 11.6 Å². The summed E-state index contributed by atoms with van der Waals surface area (Å²) >= 11 is 6.06. The maximum Gasteiger partial charge on any atom is 0.416 e. The first-order chi connectivity index (χ1) is 13.0. The van der Waals surface area contributed by atoms with Gasteiger partial charge in [-0.05, 0) is 65.3 Å². The maximum atomic E-state index is 13.2. The van der Waals surface area contributed by atoms with Gasteiger partial charge in [0, 0.05) is 5.54 Å². The molecule has 2 aromatic heterocycles. The molecule has 2 heterocycles. The van der Waals surface area contributed by atoms with E-state index in [-0.39, 0.29) is 5.28 Å². The molecule has 0 aliphatic heterocycles. The topological polar surface area (TPSA) is 73.1 Å². The summed E-state index contributed by atoms with van der Waals surface area (Å²) in [5.74, 6) is 0.479. The van der Waals surface area contributed by atoms with E-state index in [1.807, 2.05) is 71.9 Å². The first kappa shape index (κ1) is 20.1. The molecule has 0 aliphatic carbocycles. The lowest BCUT2D eigenvalue weighted by Gasteiger charge is -2.36. The molecule has 148 valence electrons. The van der Waals surface area contributed by atoms with Crippen molar-refractivity contribution in [2.75, 3.05) is 4.90 Å². The monoisotopic (exact) mass is 401 g/mol. The van der Waals surface area contributed by atoms with Crippen LogP contribution in [0.15, 0.2) is 36.5 Å². The van der Waals surface area contributed by atoms with Crippen LogP contribution < -0.4 is 4.90 Å². The average Bonchev–Trinajstić information content (AvgIpc) is 2.91. The second kappa shape index (κ2) is 7.05. The van der Waals surface area contributed by atoms with Gasteiger partial charge >= 0.3 is 6.09 Å². The van der Waals surface area contributed by atoms with E-state index in [1.165, 1.54) is 0 Å². The van der Waals surface area contributed by atoms with Crippen molar-refractivity contribution in [3.63, 3.8) is 0 Å². The van der Waals surface area contributed by atoms with E-state index in [0.29, 0.717) is 16.9 Å². The molecule has 0 atom stereocenters. The molecule has 0 spiro atoms. The van der Waals surface area contributed by atoms with Crippen molar-refractivity contribution in [1.82, 2.24) is 19.7 Å². The van der Waals surface area contributed by atoms with Crippen LogP contribution in [0.25, 0.3) is 16.7 Å². The van der Waals surface area contributed by atoms with E-state index in [2.05, 4.69) is 15.1 Å². The number of ether oxygens (including phenoxy) is 1. The number of anilines is 1. The number of para-hydroxylation sites is 1. The fraction of sp³-hybridized carbons (Fsp3) is 0.400. The summed E-state index contributed by atoms with van der Waals surface area (Å²) < 4.78 is 7.36. The van der Waals surface area contributed by atoms with Crippen LogP contribution in [0.5, 0.6) is 0 Å². The molecule has 0 saturated heterocycles. The second-order valence-corrected chi connectivity index (χ2v) is 8.77. The van der Waals surface area contributed by atoms with Gasteiger partial charge in [0.15, 0.2) is 5.82 Å². The third-order valence-corrected chi connectivity index (χ3v) is 4.00. The van der Waals surface area contributed by atoms with Gasteiger partial charge in [-0.25, -0.2) is 19.4 Å². The number of amides is 1. The summed E-state index contributed by atoms with van der Waals surface area (Å²) in [7, 11) is 0. The minimum Gasteiger partial charge on any atom is -0.443 e. The highest BCUT2D eigenvalue weighted by atomic mass is 35.5. The highest BCUT2D eigenvalue weighted by molar-refractivity contribution is 6.28. The molecule has 0 bridgehead atoms. The second-order valence-electron chi connectivity index (χ2n) is 8.43. The number of hydrogen-bond acceptors (Lipinski definition) is 5. The number of rotatable bonds is 2. The van der Waals surface area contributed by atoms with Crippen molar-refractivity contribution < 1.29 is 9.53 Å². The molecule has 7 nitrogen and oxygen atoms in total. The van der Waals surface area contributed by atoms with Gasteiger partial charge in [-0.15, -0.1) is 0 Å². The van der Waals surface area contributed by atoms with Crippen LogP contribution in [0.2, 0.25) is 5.28 Å². The first-order valence-corrected chi connectivity index (χ1v) is 9.35. The van der Waals surface area contributed by atoms with E-state index in [1.54, 1.807) is 15.8 Å². The molecule has 3 rings (SSSR count). The number of fused-ring (bicyclic) bond motifs is 1. The van der Waals surface area contributed by atoms with Crippen LogP contribution in [-0.2, 0) is 4.74 Å². The minimum atomic E-state index is -0.652. The van der Waals surface area contributed by atoms with Crippen LogP contribution in [-0.4, -0.2) is 37.0 Å². The molecule has 0 N–H and O–H groups in total. The van der Waals surface area contributed by atoms with Crippen molar-refractivity contribution in [3.05, 3.63) is 41.8 Å². The SMILES string of the molecule is CC(C)(C)OC(=O)N(c1c2nc(Cl)ncc2nn1-c1ccccc1)C(C)(C)C. The lowest BCUT2D eigenvalue weighted by atomic mass is 10.1. The van der Waals surface area contributed by atoms with Gasteiger partial charge in [0.2, 0.25) is 5.28 Å². The Labute approximate surface area is 169 Å². The summed E-state index contributed by atoms with van der Waals surface area (Å²) in [4.78, 5) is 23.1. The van der Waals surface area contributed by atoms with Gasteiger partial charge in [-0.3, -0.25) is 4.90 Å². The standard InChI is InChI=1S/C20H24ClN5O2/c1-19(2,3)25(18(27)28-20(4,5)6)16-15-14(12-22-17(21)23-15)24-26(16)13-10-8-7-9-11-13/h7-12H,1-6H3. The van der Waals surface area contributed by atoms with Crippen molar-refractivity contribution in [2.45, 2.75) is 52.7 Å². The smallest absolute Gasteiger partial charge is 0.416 e. The Bertz CT molecular complexity index is 1000. The highest BCUT2D eigenvalue weighted by Crippen LogP contribution is 2.34. The van der Waals surface area contributed by atoms with E-state index in [9.17, 15) is 4.79 Å². The Morgan fingerprint density at radius 1 is 1.11 bits per heavy atom. The molecule has 28 heavy (non-hydrogen) atoms. The molecule has 0 fully saturated rings. The molecule has 0 saturated carbocycles. The normalized spacial score (nSPS) is 12.2. The Balaban J connectivity index is 2.31. The third kappa shape index (κ3) is 4.09. The van der Waals surface area contributed by atoms with E-state index < -0.39 is 17.2 Å². The first-order valence-electron chi connectivity index (χ1n) is 8.97. The maximum absolute atomic E-state index is 13.2. The van der Waals surface area contributed by atoms with Crippen molar-refractivity contribution in [3.8, 4) is 5.69 Å². The lowest BCUT2D eigenvalue weighted by molar-refractivity contribution is 0.0548. The fourth-order valence-corrected chi connectivity index (χ4v) is 2.92. The molecular formula is C20H24ClN5O2. The predicted molar refractivity (Wildman–Crippen MR) is 110 cm³/mol. The number of halogens is 1. The molecule has 0 unspecified atom stereocenters. The summed E-state index contributed by atoms with van der Waals surface area (Å²) in [6.07, 6.45) is 1.05. The number of aromatic nitrogens is 4.